The van der Waals surface area contributed by atoms with Crippen LogP contribution in [0.5, 0.6) is 11.6 Å². The quantitative estimate of drug-likeness (QED) is 0.321. The Balaban J connectivity index is 1.86. The molecule has 2 aromatic carbocycles. The van der Waals surface area contributed by atoms with Crippen LogP contribution in [0.25, 0.3) is 11.7 Å². The highest BCUT2D eigenvalue weighted by molar-refractivity contribution is 6.10. The Morgan fingerprint density at radius 2 is 1.71 bits per heavy atom. The van der Waals surface area contributed by atoms with Crippen LogP contribution in [0.2, 0.25) is 0 Å². The summed E-state index contributed by atoms with van der Waals surface area (Å²) < 4.78 is 7.45. The van der Waals surface area contributed by atoms with Gasteiger partial charge in [-0.3, -0.25) is 14.0 Å². The fourth-order valence-electron chi connectivity index (χ4n) is 3.79. The molecule has 0 saturated heterocycles. The number of para-hydroxylation sites is 1. The van der Waals surface area contributed by atoms with Gasteiger partial charge in [0.15, 0.2) is 0 Å². The molecule has 35 heavy (non-hydrogen) atoms. The monoisotopic (exact) mass is 464 g/mol. The van der Waals surface area contributed by atoms with Gasteiger partial charge in [-0.15, -0.1) is 0 Å². The van der Waals surface area contributed by atoms with Gasteiger partial charge in [0.1, 0.15) is 28.6 Å². The zero-order chi connectivity index (χ0) is 25.1. The Morgan fingerprint density at radius 3 is 2.40 bits per heavy atom. The molecule has 174 valence electrons. The predicted octanol–water partition coefficient (Wildman–Crippen LogP) is 5.27. The Labute approximate surface area is 203 Å². The Morgan fingerprint density at radius 1 is 1.03 bits per heavy atom. The van der Waals surface area contributed by atoms with Crippen LogP contribution in [0, 0.1) is 39.0 Å². The van der Waals surface area contributed by atoms with Crippen LogP contribution < -0.4 is 15.6 Å². The van der Waals surface area contributed by atoms with E-state index in [0.717, 1.165) is 22.3 Å². The number of hydrogen-bond donors (Lipinski definition) is 1. The van der Waals surface area contributed by atoms with Crippen molar-refractivity contribution in [2.45, 2.75) is 27.7 Å². The summed E-state index contributed by atoms with van der Waals surface area (Å²) in [5, 5.41) is 12.5. The molecule has 0 aliphatic rings. The van der Waals surface area contributed by atoms with Crippen molar-refractivity contribution in [2.75, 3.05) is 5.32 Å². The minimum atomic E-state index is -0.632. The first-order chi connectivity index (χ1) is 16.8. The summed E-state index contributed by atoms with van der Waals surface area (Å²) in [4.78, 5) is 31.0. The zero-order valence-electron chi connectivity index (χ0n) is 19.9. The fraction of sp³-hybridized carbons (Fsp3) is 0.143. The van der Waals surface area contributed by atoms with Gasteiger partial charge in [-0.2, -0.15) is 10.2 Å². The second-order valence-corrected chi connectivity index (χ2v) is 8.38. The van der Waals surface area contributed by atoms with Crippen molar-refractivity contribution in [2.24, 2.45) is 0 Å². The summed E-state index contributed by atoms with van der Waals surface area (Å²) in [5.74, 6) is -0.108. The van der Waals surface area contributed by atoms with Gasteiger partial charge in [-0.25, -0.2) is 0 Å². The van der Waals surface area contributed by atoms with E-state index < -0.39 is 11.5 Å². The number of nitrogens with one attached hydrogen (secondary N) is 1. The van der Waals surface area contributed by atoms with E-state index in [0.29, 0.717) is 17.1 Å². The van der Waals surface area contributed by atoms with Crippen molar-refractivity contribution in [3.05, 3.63) is 105 Å². The first-order valence-corrected chi connectivity index (χ1v) is 11.0. The molecule has 0 saturated carbocycles. The number of aryl methyl sites for hydroxylation is 4. The second-order valence-electron chi connectivity index (χ2n) is 8.38. The van der Waals surface area contributed by atoms with E-state index in [1.54, 1.807) is 24.4 Å². The van der Waals surface area contributed by atoms with Crippen molar-refractivity contribution in [1.29, 1.82) is 5.26 Å². The molecule has 7 heteroatoms. The van der Waals surface area contributed by atoms with Gasteiger partial charge in [0.25, 0.3) is 11.5 Å². The third-order valence-electron chi connectivity index (χ3n) is 5.51. The van der Waals surface area contributed by atoms with Crippen molar-refractivity contribution in [3.8, 4) is 17.7 Å². The average Bonchev–Trinajstić information content (AvgIpc) is 2.80. The summed E-state index contributed by atoms with van der Waals surface area (Å²) >= 11 is 0. The summed E-state index contributed by atoms with van der Waals surface area (Å²) in [7, 11) is 0. The van der Waals surface area contributed by atoms with Crippen molar-refractivity contribution in [1.82, 2.24) is 9.38 Å². The number of amides is 1. The number of pyridine rings is 1. The Hall–Kier alpha value is -4.70. The molecule has 2 heterocycles. The molecule has 4 aromatic rings. The molecule has 0 spiro atoms. The van der Waals surface area contributed by atoms with Crippen LogP contribution in [-0.4, -0.2) is 15.3 Å². The molecule has 0 aliphatic carbocycles. The molecule has 0 bridgehead atoms. The second kappa shape index (κ2) is 9.65. The molecule has 0 unspecified atom stereocenters. The number of benzene rings is 2. The van der Waals surface area contributed by atoms with E-state index in [2.05, 4.69) is 10.3 Å². The molecule has 0 atom stereocenters. The van der Waals surface area contributed by atoms with E-state index in [1.807, 2.05) is 70.2 Å². The number of nitrogens with zero attached hydrogens (tertiary/aromatic N) is 3. The number of aromatic nitrogens is 2. The van der Waals surface area contributed by atoms with Crippen LogP contribution in [0.4, 0.5) is 5.69 Å². The number of rotatable bonds is 5. The maximum absolute atomic E-state index is 13.5. The number of fused-ring (bicyclic) bond motifs is 1. The number of anilines is 1. The molecule has 7 nitrogen and oxygen atoms in total. The van der Waals surface area contributed by atoms with E-state index in [9.17, 15) is 14.9 Å². The Kier molecular flexibility index (Phi) is 6.47. The number of nitriles is 1. The molecule has 4 rings (SSSR count). The molecule has 0 radical (unpaired) electrons. The van der Waals surface area contributed by atoms with Crippen molar-refractivity contribution >= 4 is 23.3 Å². The SMILES string of the molecule is Cc1cc(C)cc(Oc2nc3c(C)cccn3c(=O)c2/C=C(/C#N)C(=O)Nc2ccccc2C)c1. The third-order valence-corrected chi connectivity index (χ3v) is 5.51. The smallest absolute Gasteiger partial charge is 0.269 e. The lowest BCUT2D eigenvalue weighted by molar-refractivity contribution is -0.112. The maximum Gasteiger partial charge on any atom is 0.269 e. The lowest BCUT2D eigenvalue weighted by atomic mass is 10.1. The van der Waals surface area contributed by atoms with Gasteiger partial charge in [0.05, 0.1) is 0 Å². The molecular weight excluding hydrogens is 440 g/mol. The predicted molar refractivity (Wildman–Crippen MR) is 136 cm³/mol. The van der Waals surface area contributed by atoms with Gasteiger partial charge in [0.2, 0.25) is 5.88 Å². The first kappa shape index (κ1) is 23.5. The molecule has 1 amide bonds. The summed E-state index contributed by atoms with van der Waals surface area (Å²) in [5.41, 5.74) is 3.92. The Bertz CT molecular complexity index is 1570. The highest BCUT2D eigenvalue weighted by Crippen LogP contribution is 2.26. The van der Waals surface area contributed by atoms with E-state index in [4.69, 9.17) is 4.74 Å². The standard InChI is InChI=1S/C28H24N4O3/c1-17-12-18(2)14-22(13-17)35-27-23(28(34)32-11-7-9-20(4)25(32)31-27)15-21(16-29)26(33)30-24-10-6-5-8-19(24)3/h5-15H,1-4H3,(H,30,33)/b21-15-. The van der Waals surface area contributed by atoms with Crippen LogP contribution in [-0.2, 0) is 4.79 Å². The van der Waals surface area contributed by atoms with Crippen molar-refractivity contribution < 1.29 is 9.53 Å². The first-order valence-electron chi connectivity index (χ1n) is 11.0. The van der Waals surface area contributed by atoms with E-state index in [-0.39, 0.29) is 17.0 Å². The number of carbonyl (C=O) groups excluding carboxylic acids is 1. The third kappa shape index (κ3) is 4.97. The molecule has 0 fully saturated rings. The average molecular weight is 465 g/mol. The fourth-order valence-corrected chi connectivity index (χ4v) is 3.79. The lowest BCUT2D eigenvalue weighted by Gasteiger charge is -2.12. The van der Waals surface area contributed by atoms with Crippen LogP contribution in [0.3, 0.4) is 0 Å². The summed E-state index contributed by atoms with van der Waals surface area (Å²) in [6.45, 7) is 7.58. The van der Waals surface area contributed by atoms with Gasteiger partial charge < -0.3 is 10.1 Å². The molecule has 2 aromatic heterocycles. The van der Waals surface area contributed by atoms with E-state index in [1.165, 1.54) is 10.5 Å². The van der Waals surface area contributed by atoms with Crippen LogP contribution >= 0.6 is 0 Å². The lowest BCUT2D eigenvalue weighted by Crippen LogP contribution is -2.21. The van der Waals surface area contributed by atoms with Crippen molar-refractivity contribution in [3.63, 3.8) is 0 Å². The highest BCUT2D eigenvalue weighted by Gasteiger charge is 2.18. The summed E-state index contributed by atoms with van der Waals surface area (Å²) in [6, 6.07) is 18.4. The summed E-state index contributed by atoms with van der Waals surface area (Å²) in [6.07, 6.45) is 2.82. The zero-order valence-corrected chi connectivity index (χ0v) is 19.9. The van der Waals surface area contributed by atoms with Crippen LogP contribution in [0.1, 0.15) is 27.8 Å². The van der Waals surface area contributed by atoms with Gasteiger partial charge in [-0.05, 0) is 80.3 Å². The normalized spacial score (nSPS) is 11.2. The molecular formula is C28H24N4O3. The van der Waals surface area contributed by atoms with Gasteiger partial charge >= 0.3 is 0 Å². The largest absolute Gasteiger partial charge is 0.438 e. The van der Waals surface area contributed by atoms with Gasteiger partial charge in [0, 0.05) is 11.9 Å². The topological polar surface area (TPSA) is 96.5 Å². The minimum absolute atomic E-state index is 0.00347. The molecule has 0 aliphatic heterocycles. The number of ether oxygens (including phenoxy) is 1. The highest BCUT2D eigenvalue weighted by atomic mass is 16.5. The minimum Gasteiger partial charge on any atom is -0.438 e. The van der Waals surface area contributed by atoms with Crippen LogP contribution in [0.15, 0.2) is 71.2 Å². The maximum atomic E-state index is 13.5. The van der Waals surface area contributed by atoms with E-state index >= 15 is 0 Å². The number of hydrogen-bond acceptors (Lipinski definition) is 5. The number of carbonyl (C=O) groups is 1. The molecule has 1 N–H and O–H groups in total. The van der Waals surface area contributed by atoms with Gasteiger partial charge in [-0.1, -0.05) is 30.3 Å².